The van der Waals surface area contributed by atoms with Gasteiger partial charge in [0.1, 0.15) is 0 Å². The number of ether oxygens (including phenoxy) is 1. The van der Waals surface area contributed by atoms with Crippen LogP contribution in [0.3, 0.4) is 0 Å². The minimum absolute atomic E-state index is 0.297. The molecule has 0 aromatic heterocycles. The number of methoxy groups -OCH3 is 1. The first-order valence-electron chi connectivity index (χ1n) is 5.09. The van der Waals surface area contributed by atoms with Gasteiger partial charge < -0.3 is 10.1 Å². The van der Waals surface area contributed by atoms with Gasteiger partial charge in [0.25, 0.3) is 0 Å². The van der Waals surface area contributed by atoms with Crippen LogP contribution in [-0.2, 0) is 4.74 Å². The summed E-state index contributed by atoms with van der Waals surface area (Å²) in [4.78, 5) is 0. The average molecular weight is 167 g/mol. The lowest BCUT2D eigenvalue weighted by Crippen LogP contribution is -2.41. The van der Waals surface area contributed by atoms with E-state index in [1.54, 1.807) is 0 Å². The first kappa shape index (κ1) is 7.34. The van der Waals surface area contributed by atoms with Crippen molar-refractivity contribution in [1.82, 2.24) is 5.32 Å². The Morgan fingerprint density at radius 2 is 2.17 bits per heavy atom. The average Bonchev–Trinajstić information content (AvgIpc) is 2.68. The molecule has 2 unspecified atom stereocenters. The SMILES string of the molecule is COC1(C23CCC(C2)NC3)CC1. The standard InChI is InChI=1S/C10H17NO/c1-12-10(4-5-10)9-3-2-8(6-9)11-7-9/h8,11H,2-7H2,1H3. The zero-order chi connectivity index (χ0) is 8.23. The molecule has 2 heteroatoms. The van der Waals surface area contributed by atoms with E-state index >= 15 is 0 Å². The van der Waals surface area contributed by atoms with Gasteiger partial charge in [-0.15, -0.1) is 0 Å². The maximum absolute atomic E-state index is 5.71. The second kappa shape index (κ2) is 2.05. The van der Waals surface area contributed by atoms with Crippen molar-refractivity contribution in [2.24, 2.45) is 5.41 Å². The molecule has 0 spiro atoms. The van der Waals surface area contributed by atoms with Crippen molar-refractivity contribution in [2.75, 3.05) is 13.7 Å². The zero-order valence-electron chi connectivity index (χ0n) is 7.73. The second-order valence-electron chi connectivity index (χ2n) is 4.80. The van der Waals surface area contributed by atoms with Gasteiger partial charge in [-0.1, -0.05) is 0 Å². The van der Waals surface area contributed by atoms with Crippen LogP contribution in [0, 0.1) is 5.41 Å². The summed E-state index contributed by atoms with van der Waals surface area (Å²) in [6, 6.07) is 0.817. The molecule has 68 valence electrons. The molecule has 0 amide bonds. The van der Waals surface area contributed by atoms with E-state index in [-0.39, 0.29) is 0 Å². The Morgan fingerprint density at radius 1 is 1.33 bits per heavy atom. The van der Waals surface area contributed by atoms with E-state index in [2.05, 4.69) is 5.32 Å². The normalized spacial score (nSPS) is 48.2. The maximum atomic E-state index is 5.71. The molecule has 2 saturated carbocycles. The number of hydrogen-bond donors (Lipinski definition) is 1. The lowest BCUT2D eigenvalue weighted by molar-refractivity contribution is -0.0249. The maximum Gasteiger partial charge on any atom is 0.0749 e. The molecule has 2 nitrogen and oxygen atoms in total. The van der Waals surface area contributed by atoms with Gasteiger partial charge in [-0.25, -0.2) is 0 Å². The third-order valence-electron chi connectivity index (χ3n) is 4.40. The number of piperidine rings is 1. The number of rotatable bonds is 2. The van der Waals surface area contributed by atoms with E-state index in [1.807, 2.05) is 7.11 Å². The number of nitrogens with one attached hydrogen (secondary N) is 1. The van der Waals surface area contributed by atoms with E-state index in [9.17, 15) is 0 Å². The lowest BCUT2D eigenvalue weighted by atomic mass is 9.79. The highest BCUT2D eigenvalue weighted by atomic mass is 16.5. The van der Waals surface area contributed by atoms with Crippen LogP contribution in [0.4, 0.5) is 0 Å². The summed E-state index contributed by atoms with van der Waals surface area (Å²) < 4.78 is 5.71. The van der Waals surface area contributed by atoms with Gasteiger partial charge in [-0.2, -0.15) is 0 Å². The molecule has 3 rings (SSSR count). The van der Waals surface area contributed by atoms with Gasteiger partial charge in [0.05, 0.1) is 5.60 Å². The van der Waals surface area contributed by atoms with Crippen LogP contribution in [0.1, 0.15) is 32.1 Å². The monoisotopic (exact) mass is 167 g/mol. The molecule has 0 radical (unpaired) electrons. The molecule has 2 bridgehead atoms. The zero-order valence-corrected chi connectivity index (χ0v) is 7.73. The Kier molecular flexibility index (Phi) is 1.25. The van der Waals surface area contributed by atoms with Gasteiger partial charge in [0.2, 0.25) is 0 Å². The van der Waals surface area contributed by atoms with E-state index < -0.39 is 0 Å². The predicted molar refractivity (Wildman–Crippen MR) is 47.0 cm³/mol. The van der Waals surface area contributed by atoms with Gasteiger partial charge in [-0.05, 0) is 32.1 Å². The highest BCUT2D eigenvalue weighted by molar-refractivity contribution is 5.17. The van der Waals surface area contributed by atoms with Crippen molar-refractivity contribution in [1.29, 1.82) is 0 Å². The molecule has 12 heavy (non-hydrogen) atoms. The van der Waals surface area contributed by atoms with Gasteiger partial charge in [0, 0.05) is 25.1 Å². The summed E-state index contributed by atoms with van der Waals surface area (Å²) in [6.45, 7) is 1.21. The Hall–Kier alpha value is -0.0800. The van der Waals surface area contributed by atoms with Crippen molar-refractivity contribution in [3.63, 3.8) is 0 Å². The van der Waals surface area contributed by atoms with E-state index in [0.29, 0.717) is 11.0 Å². The van der Waals surface area contributed by atoms with E-state index in [1.165, 1.54) is 38.6 Å². The highest BCUT2D eigenvalue weighted by Crippen LogP contribution is 2.61. The highest BCUT2D eigenvalue weighted by Gasteiger charge is 2.64. The van der Waals surface area contributed by atoms with Crippen molar-refractivity contribution in [3.8, 4) is 0 Å². The van der Waals surface area contributed by atoms with Crippen LogP contribution < -0.4 is 5.32 Å². The van der Waals surface area contributed by atoms with Crippen molar-refractivity contribution >= 4 is 0 Å². The first-order chi connectivity index (χ1) is 5.80. The smallest absolute Gasteiger partial charge is 0.0749 e. The molecule has 1 aliphatic heterocycles. The topological polar surface area (TPSA) is 21.3 Å². The summed E-state index contributed by atoms with van der Waals surface area (Å²) in [5.74, 6) is 0. The summed E-state index contributed by atoms with van der Waals surface area (Å²) >= 11 is 0. The molecule has 3 aliphatic rings. The third-order valence-corrected chi connectivity index (χ3v) is 4.40. The van der Waals surface area contributed by atoms with Crippen LogP contribution in [0.15, 0.2) is 0 Å². The van der Waals surface area contributed by atoms with Crippen molar-refractivity contribution < 1.29 is 4.74 Å². The summed E-state index contributed by atoms with van der Waals surface area (Å²) in [5, 5.41) is 3.60. The Labute approximate surface area is 73.7 Å². The number of hydrogen-bond acceptors (Lipinski definition) is 2. The van der Waals surface area contributed by atoms with Crippen molar-refractivity contribution in [2.45, 2.75) is 43.7 Å². The van der Waals surface area contributed by atoms with Crippen molar-refractivity contribution in [3.05, 3.63) is 0 Å². The Bertz CT molecular complexity index is 202. The Morgan fingerprint density at radius 3 is 2.50 bits per heavy atom. The second-order valence-corrected chi connectivity index (χ2v) is 4.80. The quantitative estimate of drug-likeness (QED) is 0.669. The largest absolute Gasteiger partial charge is 0.378 e. The molecule has 1 N–H and O–H groups in total. The lowest BCUT2D eigenvalue weighted by Gasteiger charge is -2.35. The number of fused-ring (bicyclic) bond motifs is 2. The fourth-order valence-corrected chi connectivity index (χ4v) is 3.44. The summed E-state index contributed by atoms with van der Waals surface area (Å²) in [6.07, 6.45) is 6.76. The summed E-state index contributed by atoms with van der Waals surface area (Å²) in [7, 11) is 1.90. The predicted octanol–water partition coefficient (Wildman–Crippen LogP) is 1.31. The van der Waals surface area contributed by atoms with Crippen LogP contribution in [0.5, 0.6) is 0 Å². The van der Waals surface area contributed by atoms with E-state index in [4.69, 9.17) is 4.74 Å². The Balaban J connectivity index is 1.90. The van der Waals surface area contributed by atoms with Gasteiger partial charge in [0.15, 0.2) is 0 Å². The molecular weight excluding hydrogens is 150 g/mol. The fraction of sp³-hybridized carbons (Fsp3) is 1.00. The van der Waals surface area contributed by atoms with E-state index in [0.717, 1.165) is 6.04 Å². The molecule has 0 aromatic carbocycles. The van der Waals surface area contributed by atoms with Crippen LogP contribution in [0.2, 0.25) is 0 Å². The fourth-order valence-electron chi connectivity index (χ4n) is 3.44. The molecule has 1 saturated heterocycles. The summed E-state index contributed by atoms with van der Waals surface area (Å²) in [5.41, 5.74) is 0.831. The minimum atomic E-state index is 0.297. The van der Waals surface area contributed by atoms with Crippen LogP contribution >= 0.6 is 0 Å². The van der Waals surface area contributed by atoms with Crippen LogP contribution in [0.25, 0.3) is 0 Å². The molecule has 1 heterocycles. The van der Waals surface area contributed by atoms with Crippen LogP contribution in [-0.4, -0.2) is 25.3 Å². The molecule has 0 aromatic rings. The van der Waals surface area contributed by atoms with Gasteiger partial charge in [-0.3, -0.25) is 0 Å². The molecule has 3 fully saturated rings. The molecule has 2 atom stereocenters. The molecular formula is C10H17NO. The third kappa shape index (κ3) is 0.686. The minimum Gasteiger partial charge on any atom is -0.378 e. The van der Waals surface area contributed by atoms with Gasteiger partial charge >= 0.3 is 0 Å². The first-order valence-corrected chi connectivity index (χ1v) is 5.09. The molecule has 2 aliphatic carbocycles.